The number of rotatable bonds is 4. The lowest BCUT2D eigenvalue weighted by Gasteiger charge is -2.21. The quantitative estimate of drug-likeness (QED) is 0.335. The summed E-state index contributed by atoms with van der Waals surface area (Å²) in [5.74, 6) is 5.32. The van der Waals surface area contributed by atoms with Crippen molar-refractivity contribution in [2.24, 2.45) is 7.05 Å². The highest BCUT2D eigenvalue weighted by Crippen LogP contribution is 2.24. The van der Waals surface area contributed by atoms with Crippen molar-refractivity contribution in [3.05, 3.63) is 118 Å². The van der Waals surface area contributed by atoms with E-state index in [1.165, 1.54) is 10.7 Å². The van der Waals surface area contributed by atoms with Gasteiger partial charge in [0.05, 0.1) is 24.5 Å². The van der Waals surface area contributed by atoms with Crippen molar-refractivity contribution in [2.45, 2.75) is 13.0 Å². The van der Waals surface area contributed by atoms with E-state index in [9.17, 15) is 9.59 Å². The molecule has 2 aromatic carbocycles. The normalized spacial score (nSPS) is 13.5. The summed E-state index contributed by atoms with van der Waals surface area (Å²) in [5.41, 5.74) is 6.35. The van der Waals surface area contributed by atoms with Gasteiger partial charge in [-0.05, 0) is 54.6 Å². The van der Waals surface area contributed by atoms with Crippen molar-refractivity contribution in [1.82, 2.24) is 34.3 Å². The van der Waals surface area contributed by atoms with Crippen LogP contribution in [0.2, 0.25) is 0 Å². The molecule has 0 spiro atoms. The van der Waals surface area contributed by atoms with Crippen LogP contribution in [0.25, 0.3) is 22.1 Å². The number of nitrogens with two attached hydrogens (primary N) is 1. The zero-order chi connectivity index (χ0) is 32.2. The van der Waals surface area contributed by atoms with Crippen LogP contribution >= 0.6 is 0 Å². The molecule has 10 heteroatoms. The van der Waals surface area contributed by atoms with E-state index in [1.807, 2.05) is 0 Å². The smallest absolute Gasteiger partial charge is 0.264 e. The van der Waals surface area contributed by atoms with Crippen LogP contribution in [0.4, 0.5) is 5.82 Å². The Balaban J connectivity index is 1.59. The average Bonchev–Trinajstić information content (AvgIpc) is 3.59. The summed E-state index contributed by atoms with van der Waals surface area (Å²) in [6.07, 6.45) is 4.68. The molecular weight excluding hydrogens is 504 g/mol. The van der Waals surface area contributed by atoms with Crippen molar-refractivity contribution < 1.29 is 11.6 Å². The molecule has 0 fully saturated rings. The van der Waals surface area contributed by atoms with Gasteiger partial charge in [0, 0.05) is 36.4 Å². The van der Waals surface area contributed by atoms with Gasteiger partial charge >= 0.3 is 0 Å². The molecule has 1 amide bonds. The van der Waals surface area contributed by atoms with Gasteiger partial charge in [0.2, 0.25) is 0 Å². The number of pyridine rings is 1. The topological polar surface area (TPSA) is 125 Å². The lowest BCUT2D eigenvalue weighted by molar-refractivity contribution is 0.0941. The molecule has 0 aliphatic carbocycles. The number of para-hydroxylation sites is 1. The van der Waals surface area contributed by atoms with E-state index in [2.05, 4.69) is 32.3 Å². The summed E-state index contributed by atoms with van der Waals surface area (Å²) in [6, 6.07) is 6.11. The number of fused-ring (bicyclic) bond motifs is 2. The molecule has 196 valence electrons. The van der Waals surface area contributed by atoms with Gasteiger partial charge < -0.3 is 11.1 Å². The molecule has 0 unspecified atom stereocenters. The third-order valence-electron chi connectivity index (χ3n) is 6.37. The molecule has 0 aliphatic heterocycles. The summed E-state index contributed by atoms with van der Waals surface area (Å²) in [7, 11) is 1.73. The van der Waals surface area contributed by atoms with Crippen molar-refractivity contribution >= 4 is 28.1 Å². The molecule has 1 atom stereocenters. The summed E-state index contributed by atoms with van der Waals surface area (Å²) in [4.78, 5) is 32.2. The predicted molar refractivity (Wildman–Crippen MR) is 152 cm³/mol. The number of anilines is 1. The number of carbonyl (C=O) groups is 1. The van der Waals surface area contributed by atoms with Gasteiger partial charge in [-0.25, -0.2) is 9.50 Å². The summed E-state index contributed by atoms with van der Waals surface area (Å²) in [5, 5.41) is 11.7. The minimum atomic E-state index is -0.935. The largest absolute Gasteiger partial charge is 0.381 e. The Morgan fingerprint density at radius 2 is 1.95 bits per heavy atom. The summed E-state index contributed by atoms with van der Waals surface area (Å²) in [6.45, 7) is 1.60. The minimum absolute atomic E-state index is 0.0210. The fourth-order valence-electron chi connectivity index (χ4n) is 4.48. The molecule has 0 saturated carbocycles. The second-order valence-corrected chi connectivity index (χ2v) is 8.89. The van der Waals surface area contributed by atoms with E-state index >= 15 is 0 Å². The first-order valence-electron chi connectivity index (χ1n) is 14.6. The Hall–Kier alpha value is -5.69. The molecule has 6 aromatic rings. The van der Waals surface area contributed by atoms with Crippen molar-refractivity contribution in [3.8, 4) is 17.5 Å². The molecule has 6 rings (SSSR count). The maximum atomic E-state index is 14.4. The zero-order valence-electron chi connectivity index (χ0n) is 26.4. The number of aryl methyl sites for hydroxylation is 1. The molecule has 0 aliphatic rings. The lowest BCUT2D eigenvalue weighted by Crippen LogP contribution is -2.32. The lowest BCUT2D eigenvalue weighted by atomic mass is 10.0. The number of benzene rings is 2. The first-order valence-corrected chi connectivity index (χ1v) is 12.1. The van der Waals surface area contributed by atoms with Gasteiger partial charge in [0.1, 0.15) is 11.3 Å². The van der Waals surface area contributed by atoms with Crippen LogP contribution in [0.3, 0.4) is 0 Å². The van der Waals surface area contributed by atoms with Gasteiger partial charge in [-0.15, -0.1) is 5.10 Å². The fraction of sp³-hybridized carbons (Fsp3) is 0.100. The third-order valence-corrected chi connectivity index (χ3v) is 6.37. The molecule has 0 saturated heterocycles. The van der Waals surface area contributed by atoms with Crippen LogP contribution in [0, 0.1) is 11.8 Å². The van der Waals surface area contributed by atoms with Crippen LogP contribution in [-0.2, 0) is 7.05 Å². The van der Waals surface area contributed by atoms with E-state index in [1.54, 1.807) is 67.4 Å². The summed E-state index contributed by atoms with van der Waals surface area (Å²) >= 11 is 0. The summed E-state index contributed by atoms with van der Waals surface area (Å²) < 4.78 is 45.9. The van der Waals surface area contributed by atoms with E-state index < -0.39 is 47.7 Å². The third kappa shape index (κ3) is 4.25. The van der Waals surface area contributed by atoms with E-state index in [4.69, 9.17) is 12.6 Å². The Kier molecular flexibility index (Phi) is 4.79. The number of hydrogen-bond acceptors (Lipinski definition) is 6. The molecule has 40 heavy (non-hydrogen) atoms. The molecule has 3 N–H and O–H groups in total. The van der Waals surface area contributed by atoms with Crippen LogP contribution < -0.4 is 16.6 Å². The number of carbonyl (C=O) groups excluding carboxylic acids is 1. The highest BCUT2D eigenvalue weighted by molar-refractivity contribution is 6.04. The molecule has 4 heterocycles. The molecule has 0 radical (unpaired) electrons. The van der Waals surface area contributed by atoms with Crippen LogP contribution in [0.5, 0.6) is 0 Å². The number of nitrogen functional groups attached to an aromatic ring is 1. The molecule has 10 nitrogen and oxygen atoms in total. The first kappa shape index (κ1) is 19.4. The zero-order valence-corrected chi connectivity index (χ0v) is 21.4. The highest BCUT2D eigenvalue weighted by Gasteiger charge is 2.24. The monoisotopic (exact) mass is 533 g/mol. The first-order chi connectivity index (χ1) is 21.5. The second-order valence-electron chi connectivity index (χ2n) is 8.89. The maximum absolute atomic E-state index is 14.4. The number of nitrogens with zero attached hydrogens (tertiary/aromatic N) is 6. The van der Waals surface area contributed by atoms with Gasteiger partial charge in [0.15, 0.2) is 11.5 Å². The Morgan fingerprint density at radius 3 is 2.73 bits per heavy atom. The number of amides is 1. The van der Waals surface area contributed by atoms with Crippen molar-refractivity contribution in [3.63, 3.8) is 0 Å². The maximum Gasteiger partial charge on any atom is 0.264 e. The van der Waals surface area contributed by atoms with Crippen LogP contribution in [0.1, 0.15) is 47.1 Å². The van der Waals surface area contributed by atoms with Gasteiger partial charge in [-0.2, -0.15) is 5.10 Å². The number of hydrogen-bond donors (Lipinski definition) is 2. The number of nitrogens with one attached hydrogen (secondary N) is 1. The van der Waals surface area contributed by atoms with Crippen LogP contribution in [0.15, 0.2) is 90.0 Å². The van der Waals surface area contributed by atoms with E-state index in [0.717, 1.165) is 4.57 Å². The van der Waals surface area contributed by atoms with Gasteiger partial charge in [-0.3, -0.25) is 18.8 Å². The number of aromatic nitrogens is 6. The fourth-order valence-corrected chi connectivity index (χ4v) is 4.48. The predicted octanol–water partition coefficient (Wildman–Crippen LogP) is 3.24. The molecule has 0 bridgehead atoms. The van der Waals surface area contributed by atoms with Crippen molar-refractivity contribution in [1.29, 1.82) is 0 Å². The van der Waals surface area contributed by atoms with E-state index in [-0.39, 0.29) is 33.8 Å². The average molecular weight is 534 g/mol. The standard InChI is InChI=1S/C30H24N8O2/c1-19(34-29(39)26-27(31)35-37-17-7-15-32-28(26)37)24-18-21-9-6-8-20(12-13-22-14-16-33-36(22)2)25(21)30(40)38(24)23-10-4-3-5-11-23/h3-11,14-19H,1-2H3,(H2,31,35)(H,34,39)/t19-/m0/s1/i3D,4D,5D,10D,11D. The minimum Gasteiger partial charge on any atom is -0.381 e. The molecular formula is C30H24N8O2. The highest BCUT2D eigenvalue weighted by atomic mass is 16.2. The Bertz CT molecular complexity index is 2290. The van der Waals surface area contributed by atoms with Crippen LogP contribution in [-0.4, -0.2) is 34.9 Å². The van der Waals surface area contributed by atoms with Gasteiger partial charge in [-0.1, -0.05) is 36.2 Å². The second kappa shape index (κ2) is 9.89. The SMILES string of the molecule is [2H]c1c([2H])c([2H])c(-n2c([C@H](C)NC(=O)c3c(N)nn4cccnc34)cc3cccc(C#Cc4ccnn4C)c3c2=O)c([2H])c1[2H]. The van der Waals surface area contributed by atoms with Gasteiger partial charge in [0.25, 0.3) is 11.5 Å². The van der Waals surface area contributed by atoms with E-state index in [0.29, 0.717) is 16.6 Å². The Labute approximate surface area is 235 Å². The van der Waals surface area contributed by atoms with Crippen molar-refractivity contribution in [2.75, 3.05) is 5.73 Å². The molecule has 4 aromatic heterocycles. The Morgan fingerprint density at radius 1 is 1.12 bits per heavy atom.